The summed E-state index contributed by atoms with van der Waals surface area (Å²) in [6.07, 6.45) is 4.95. The summed E-state index contributed by atoms with van der Waals surface area (Å²) in [4.78, 5) is 39.8. The molecule has 32 heavy (non-hydrogen) atoms. The van der Waals surface area contributed by atoms with Gasteiger partial charge in [-0.1, -0.05) is 12.1 Å². The van der Waals surface area contributed by atoms with Crippen LogP contribution in [0.25, 0.3) is 17.0 Å². The first-order valence-electron chi connectivity index (χ1n) is 10.4. The van der Waals surface area contributed by atoms with E-state index in [9.17, 15) is 14.4 Å². The number of Topliss-reactive ketones (excluding diaryl/α,β-unsaturated/α-hetero) is 1. The third-order valence-corrected chi connectivity index (χ3v) is 6.04. The van der Waals surface area contributed by atoms with Gasteiger partial charge >= 0.3 is 0 Å². The van der Waals surface area contributed by atoms with E-state index in [0.29, 0.717) is 53.1 Å². The SMILES string of the molecule is COc1ccc2c(c1)C(=O)CC1(CCN(C(=O)/C=C/c3coc4ccccc4c3=O)C1)O2. The molecule has 0 N–H and O–H groups in total. The molecule has 3 heterocycles. The first kappa shape index (κ1) is 20.1. The van der Waals surface area contributed by atoms with Crippen molar-refractivity contribution in [3.8, 4) is 11.5 Å². The Morgan fingerprint density at radius 1 is 1.19 bits per heavy atom. The van der Waals surface area contributed by atoms with Crippen LogP contribution in [0, 0.1) is 0 Å². The average molecular weight is 431 g/mol. The van der Waals surface area contributed by atoms with Gasteiger partial charge in [0.1, 0.15) is 28.9 Å². The smallest absolute Gasteiger partial charge is 0.246 e. The Labute approximate surface area is 183 Å². The van der Waals surface area contributed by atoms with E-state index in [1.807, 2.05) is 0 Å². The van der Waals surface area contributed by atoms with Crippen molar-refractivity contribution < 1.29 is 23.5 Å². The number of para-hydroxylation sites is 1. The standard InChI is InChI=1S/C25H21NO6/c1-30-17-7-8-22-19(12-17)20(27)13-25(32-22)10-11-26(15-25)23(28)9-6-16-14-31-21-5-3-2-4-18(21)24(16)29/h2-9,12,14H,10-11,13,15H2,1H3/b9-6+. The van der Waals surface area contributed by atoms with Gasteiger partial charge in [-0.3, -0.25) is 14.4 Å². The Balaban J connectivity index is 1.32. The van der Waals surface area contributed by atoms with Crippen molar-refractivity contribution in [1.82, 2.24) is 4.90 Å². The zero-order valence-electron chi connectivity index (χ0n) is 17.5. The Morgan fingerprint density at radius 3 is 2.88 bits per heavy atom. The molecule has 1 atom stereocenters. The second-order valence-corrected chi connectivity index (χ2v) is 8.11. The summed E-state index contributed by atoms with van der Waals surface area (Å²) in [5.41, 5.74) is 0.381. The lowest BCUT2D eigenvalue weighted by Gasteiger charge is -2.34. The normalized spacial score (nSPS) is 20.0. The van der Waals surface area contributed by atoms with Gasteiger partial charge in [0.25, 0.3) is 0 Å². The Bertz CT molecular complexity index is 1320. The summed E-state index contributed by atoms with van der Waals surface area (Å²) < 4.78 is 16.9. The molecule has 7 nitrogen and oxygen atoms in total. The molecule has 1 saturated heterocycles. The van der Waals surface area contributed by atoms with E-state index in [1.165, 1.54) is 18.4 Å². The molecule has 0 radical (unpaired) electrons. The molecule has 3 aromatic rings. The number of ketones is 1. The third kappa shape index (κ3) is 3.45. The quantitative estimate of drug-likeness (QED) is 0.591. The number of carbonyl (C=O) groups excluding carboxylic acids is 2. The number of hydrogen-bond donors (Lipinski definition) is 0. The highest BCUT2D eigenvalue weighted by molar-refractivity contribution is 6.01. The minimum Gasteiger partial charge on any atom is -0.497 e. The maximum atomic E-state index is 12.8. The summed E-state index contributed by atoms with van der Waals surface area (Å²) in [6, 6.07) is 12.1. The number of benzene rings is 2. The molecular weight excluding hydrogens is 410 g/mol. The molecule has 2 aromatic carbocycles. The molecule has 1 spiro atoms. The van der Waals surface area contributed by atoms with Crippen molar-refractivity contribution in [2.75, 3.05) is 20.2 Å². The fraction of sp³-hybridized carbons (Fsp3) is 0.240. The van der Waals surface area contributed by atoms with Gasteiger partial charge in [-0.25, -0.2) is 0 Å². The second kappa shape index (κ2) is 7.67. The van der Waals surface area contributed by atoms with Crippen LogP contribution in [-0.4, -0.2) is 42.4 Å². The molecule has 1 unspecified atom stereocenters. The predicted molar refractivity (Wildman–Crippen MR) is 118 cm³/mol. The van der Waals surface area contributed by atoms with Crippen molar-refractivity contribution >= 4 is 28.7 Å². The van der Waals surface area contributed by atoms with E-state index < -0.39 is 5.60 Å². The van der Waals surface area contributed by atoms with Crippen LogP contribution in [-0.2, 0) is 4.79 Å². The summed E-state index contributed by atoms with van der Waals surface area (Å²) in [5.74, 6) is 0.846. The van der Waals surface area contributed by atoms with Gasteiger partial charge < -0.3 is 18.8 Å². The number of likely N-dealkylation sites (tertiary alicyclic amines) is 1. The summed E-state index contributed by atoms with van der Waals surface area (Å²) in [7, 11) is 1.55. The lowest BCUT2D eigenvalue weighted by molar-refractivity contribution is -0.125. The minimum absolute atomic E-state index is 0.0243. The van der Waals surface area contributed by atoms with Crippen molar-refractivity contribution in [2.24, 2.45) is 0 Å². The largest absolute Gasteiger partial charge is 0.497 e. The molecule has 1 aromatic heterocycles. The van der Waals surface area contributed by atoms with E-state index in [4.69, 9.17) is 13.9 Å². The molecular formula is C25H21NO6. The van der Waals surface area contributed by atoms with Crippen LogP contribution >= 0.6 is 0 Å². The van der Waals surface area contributed by atoms with Crippen molar-refractivity contribution in [3.63, 3.8) is 0 Å². The molecule has 5 rings (SSSR count). The van der Waals surface area contributed by atoms with Gasteiger partial charge in [-0.2, -0.15) is 0 Å². The third-order valence-electron chi connectivity index (χ3n) is 6.04. The molecule has 2 aliphatic heterocycles. The topological polar surface area (TPSA) is 86.0 Å². The molecule has 2 aliphatic rings. The fourth-order valence-corrected chi connectivity index (χ4v) is 4.33. The van der Waals surface area contributed by atoms with Gasteiger partial charge in [-0.15, -0.1) is 0 Å². The molecule has 1 amide bonds. The number of amides is 1. The number of hydrogen-bond acceptors (Lipinski definition) is 6. The Morgan fingerprint density at radius 2 is 2.03 bits per heavy atom. The molecule has 0 aliphatic carbocycles. The number of nitrogens with zero attached hydrogens (tertiary/aromatic N) is 1. The number of methoxy groups -OCH3 is 1. The molecule has 7 heteroatoms. The highest BCUT2D eigenvalue weighted by Crippen LogP contribution is 2.40. The summed E-state index contributed by atoms with van der Waals surface area (Å²) in [5, 5.41) is 0.464. The van der Waals surface area contributed by atoms with Crippen LogP contribution in [0.4, 0.5) is 0 Å². The molecule has 0 saturated carbocycles. The first-order chi connectivity index (χ1) is 15.5. The van der Waals surface area contributed by atoms with Gasteiger partial charge in [0, 0.05) is 19.0 Å². The van der Waals surface area contributed by atoms with Crippen LogP contribution in [0.15, 0.2) is 64.0 Å². The maximum Gasteiger partial charge on any atom is 0.246 e. The average Bonchev–Trinajstić information content (AvgIpc) is 3.21. The summed E-state index contributed by atoms with van der Waals surface area (Å²) >= 11 is 0. The van der Waals surface area contributed by atoms with Gasteiger partial charge in [0.2, 0.25) is 5.91 Å². The highest BCUT2D eigenvalue weighted by Gasteiger charge is 2.46. The maximum absolute atomic E-state index is 12.8. The van der Waals surface area contributed by atoms with Crippen molar-refractivity contribution in [2.45, 2.75) is 18.4 Å². The zero-order valence-corrected chi connectivity index (χ0v) is 17.5. The number of carbonyl (C=O) groups is 2. The number of rotatable bonds is 3. The molecule has 162 valence electrons. The van der Waals surface area contributed by atoms with E-state index >= 15 is 0 Å². The van der Waals surface area contributed by atoms with Gasteiger partial charge in [-0.05, 0) is 36.4 Å². The zero-order chi connectivity index (χ0) is 22.3. The van der Waals surface area contributed by atoms with Crippen LogP contribution in [0.1, 0.15) is 28.8 Å². The molecule has 0 bridgehead atoms. The Kier molecular flexibility index (Phi) is 4.81. The lowest BCUT2D eigenvalue weighted by Crippen LogP contribution is -2.45. The van der Waals surface area contributed by atoms with E-state index in [0.717, 1.165) is 0 Å². The van der Waals surface area contributed by atoms with Crippen LogP contribution in [0.3, 0.4) is 0 Å². The van der Waals surface area contributed by atoms with E-state index in [2.05, 4.69) is 0 Å². The van der Waals surface area contributed by atoms with E-state index in [-0.39, 0.29) is 23.5 Å². The van der Waals surface area contributed by atoms with Gasteiger partial charge in [0.15, 0.2) is 11.2 Å². The predicted octanol–water partition coefficient (Wildman–Crippen LogP) is 3.45. The Hall–Kier alpha value is -3.87. The fourth-order valence-electron chi connectivity index (χ4n) is 4.33. The lowest BCUT2D eigenvalue weighted by atomic mass is 9.89. The van der Waals surface area contributed by atoms with Crippen molar-refractivity contribution in [1.29, 1.82) is 0 Å². The van der Waals surface area contributed by atoms with E-state index in [1.54, 1.807) is 54.5 Å². The number of fused-ring (bicyclic) bond motifs is 2. The molecule has 1 fully saturated rings. The monoisotopic (exact) mass is 431 g/mol. The summed E-state index contributed by atoms with van der Waals surface area (Å²) in [6.45, 7) is 0.772. The van der Waals surface area contributed by atoms with Crippen LogP contribution in [0.5, 0.6) is 11.5 Å². The minimum atomic E-state index is -0.732. The first-order valence-corrected chi connectivity index (χ1v) is 10.4. The van der Waals surface area contributed by atoms with Crippen LogP contribution in [0.2, 0.25) is 0 Å². The van der Waals surface area contributed by atoms with Gasteiger partial charge in [0.05, 0.1) is 36.6 Å². The van der Waals surface area contributed by atoms with Crippen molar-refractivity contribution in [3.05, 3.63) is 76.2 Å². The van der Waals surface area contributed by atoms with Crippen LogP contribution < -0.4 is 14.9 Å². The highest BCUT2D eigenvalue weighted by atomic mass is 16.5. The second-order valence-electron chi connectivity index (χ2n) is 8.11. The number of ether oxygens (including phenoxy) is 2.